The first-order chi connectivity index (χ1) is 19.5. The minimum Gasteiger partial charge on any atom is -0.457 e. The lowest BCUT2D eigenvalue weighted by Crippen LogP contribution is -2.59. The molecule has 0 saturated carbocycles. The van der Waals surface area contributed by atoms with Crippen LogP contribution in [0.3, 0.4) is 0 Å². The predicted molar refractivity (Wildman–Crippen MR) is 161 cm³/mol. The van der Waals surface area contributed by atoms with Crippen LogP contribution in [0, 0.1) is 11.8 Å². The third-order valence-corrected chi connectivity index (χ3v) is 7.52. The van der Waals surface area contributed by atoms with Crippen molar-refractivity contribution in [1.82, 2.24) is 15.8 Å². The van der Waals surface area contributed by atoms with Gasteiger partial charge in [-0.15, -0.1) is 0 Å². The first kappa shape index (κ1) is 31.7. The lowest BCUT2D eigenvalue weighted by atomic mass is 9.89. The van der Waals surface area contributed by atoms with Crippen LogP contribution in [-0.2, 0) is 23.9 Å². The maximum absolute atomic E-state index is 13.2. The van der Waals surface area contributed by atoms with E-state index in [0.29, 0.717) is 19.4 Å². The molecule has 1 heterocycles. The van der Waals surface area contributed by atoms with Crippen LogP contribution in [0.2, 0.25) is 0 Å². The van der Waals surface area contributed by atoms with Crippen LogP contribution < -0.4 is 10.7 Å². The van der Waals surface area contributed by atoms with Gasteiger partial charge in [-0.05, 0) is 73.6 Å². The van der Waals surface area contributed by atoms with Crippen molar-refractivity contribution >= 4 is 40.4 Å². The quantitative estimate of drug-likeness (QED) is 0.270. The van der Waals surface area contributed by atoms with E-state index in [9.17, 15) is 19.2 Å². The largest absolute Gasteiger partial charge is 0.457 e. The molecule has 1 fully saturated rings. The molecule has 0 bridgehead atoms. The molecule has 1 aliphatic heterocycles. The van der Waals surface area contributed by atoms with Crippen LogP contribution >= 0.6 is 0 Å². The van der Waals surface area contributed by atoms with Crippen molar-refractivity contribution < 1.29 is 23.9 Å². The zero-order valence-corrected chi connectivity index (χ0v) is 24.8. The third kappa shape index (κ3) is 8.60. The van der Waals surface area contributed by atoms with Gasteiger partial charge in [0, 0.05) is 25.3 Å². The van der Waals surface area contributed by atoms with Gasteiger partial charge >= 0.3 is 5.97 Å². The van der Waals surface area contributed by atoms with Crippen molar-refractivity contribution in [3.63, 3.8) is 0 Å². The first-order valence-electron chi connectivity index (χ1n) is 14.4. The van der Waals surface area contributed by atoms with Crippen molar-refractivity contribution in [3.05, 3.63) is 66.3 Å². The van der Waals surface area contributed by atoms with Gasteiger partial charge in [-0.2, -0.15) is 0 Å². The average Bonchev–Trinajstić information content (AvgIpc) is 2.97. The van der Waals surface area contributed by atoms with Crippen molar-refractivity contribution in [3.8, 4) is 0 Å². The Morgan fingerprint density at radius 3 is 2.51 bits per heavy atom. The van der Waals surface area contributed by atoms with E-state index in [1.807, 2.05) is 64.1 Å². The molecule has 220 valence electrons. The molecule has 1 aliphatic rings. The Morgan fingerprint density at radius 2 is 1.83 bits per heavy atom. The molecule has 2 aromatic carbocycles. The number of allylic oxidation sites excluding steroid dienone is 2. The van der Waals surface area contributed by atoms with Gasteiger partial charge in [-0.1, -0.05) is 62.9 Å². The summed E-state index contributed by atoms with van der Waals surface area (Å²) < 4.78 is 5.79. The van der Waals surface area contributed by atoms with E-state index in [0.717, 1.165) is 21.9 Å². The summed E-state index contributed by atoms with van der Waals surface area (Å²) in [7, 11) is 0. The number of benzene rings is 2. The van der Waals surface area contributed by atoms with Gasteiger partial charge in [-0.25, -0.2) is 5.43 Å². The highest BCUT2D eigenvalue weighted by molar-refractivity contribution is 5.91. The highest BCUT2D eigenvalue weighted by atomic mass is 16.5. The van der Waals surface area contributed by atoms with Gasteiger partial charge in [0.1, 0.15) is 24.0 Å². The van der Waals surface area contributed by atoms with Crippen LogP contribution in [0.5, 0.6) is 0 Å². The zero-order valence-electron chi connectivity index (χ0n) is 24.8. The van der Waals surface area contributed by atoms with E-state index >= 15 is 0 Å². The molecule has 3 rings (SSSR count). The SMILES string of the molecule is C=Cc1ccc2ccc([C@@H](C)OC(=O)[C@@H]3CCCN(C(=O)[C@H](C)NC(=O)[C@@H](CC(=O)C/C=C/C)C(C)C)N3)cc2c1. The number of nitrogens with one attached hydrogen (secondary N) is 2. The summed E-state index contributed by atoms with van der Waals surface area (Å²) in [6, 6.07) is 10.5. The molecule has 0 radical (unpaired) electrons. The fraction of sp³-hybridized carbons (Fsp3) is 0.455. The topological polar surface area (TPSA) is 105 Å². The lowest BCUT2D eigenvalue weighted by Gasteiger charge is -2.35. The second-order valence-corrected chi connectivity index (χ2v) is 11.1. The van der Waals surface area contributed by atoms with Gasteiger partial charge < -0.3 is 10.1 Å². The summed E-state index contributed by atoms with van der Waals surface area (Å²) in [5, 5.41) is 6.29. The van der Waals surface area contributed by atoms with E-state index < -0.39 is 30.1 Å². The predicted octanol–water partition coefficient (Wildman–Crippen LogP) is 5.28. The van der Waals surface area contributed by atoms with Crippen molar-refractivity contribution in [1.29, 1.82) is 0 Å². The second-order valence-electron chi connectivity index (χ2n) is 11.1. The van der Waals surface area contributed by atoms with E-state index in [4.69, 9.17) is 4.74 Å². The van der Waals surface area contributed by atoms with Gasteiger partial charge in [0.05, 0.1) is 0 Å². The van der Waals surface area contributed by atoms with E-state index in [2.05, 4.69) is 17.3 Å². The number of nitrogens with zero attached hydrogens (tertiary/aromatic N) is 1. The molecule has 0 aromatic heterocycles. The number of carbonyl (C=O) groups is 4. The van der Waals surface area contributed by atoms with Crippen molar-refractivity contribution in [2.75, 3.05) is 6.54 Å². The highest BCUT2D eigenvalue weighted by Gasteiger charge is 2.33. The number of esters is 1. The normalized spacial score (nSPS) is 17.7. The number of fused-ring (bicyclic) bond motifs is 1. The second kappa shape index (κ2) is 14.7. The van der Waals surface area contributed by atoms with Crippen LogP contribution in [0.1, 0.15) is 77.5 Å². The third-order valence-electron chi connectivity index (χ3n) is 7.52. The first-order valence-corrected chi connectivity index (χ1v) is 14.4. The Hall–Kier alpha value is -3.78. The summed E-state index contributed by atoms with van der Waals surface area (Å²) in [6.07, 6.45) is 6.44. The fourth-order valence-corrected chi connectivity index (χ4v) is 4.93. The number of hydrogen-bond donors (Lipinski definition) is 2. The summed E-state index contributed by atoms with van der Waals surface area (Å²) in [6.45, 7) is 13.3. The zero-order chi connectivity index (χ0) is 30.1. The molecule has 2 amide bonds. The Kier molecular flexibility index (Phi) is 11.4. The molecular weight excluding hydrogens is 518 g/mol. The van der Waals surface area contributed by atoms with Crippen LogP contribution in [0.15, 0.2) is 55.1 Å². The minimum atomic E-state index is -0.825. The molecule has 2 N–H and O–H groups in total. The summed E-state index contributed by atoms with van der Waals surface area (Å²) in [5.74, 6) is -1.72. The molecule has 0 spiro atoms. The number of hydrazine groups is 1. The van der Waals surface area contributed by atoms with Crippen LogP contribution in [0.25, 0.3) is 16.8 Å². The molecule has 8 nitrogen and oxygen atoms in total. The van der Waals surface area contributed by atoms with Gasteiger partial charge in [-0.3, -0.25) is 24.2 Å². The van der Waals surface area contributed by atoms with Gasteiger partial charge in [0.15, 0.2) is 0 Å². The number of ketones is 1. The summed E-state index contributed by atoms with van der Waals surface area (Å²) in [4.78, 5) is 51.5. The molecule has 0 unspecified atom stereocenters. The Bertz CT molecular complexity index is 1300. The van der Waals surface area contributed by atoms with Crippen molar-refractivity contribution in [2.45, 2.75) is 78.5 Å². The van der Waals surface area contributed by atoms with Crippen molar-refractivity contribution in [2.24, 2.45) is 11.8 Å². The number of rotatable bonds is 12. The Balaban J connectivity index is 1.58. The van der Waals surface area contributed by atoms with E-state index in [-0.39, 0.29) is 36.4 Å². The molecule has 41 heavy (non-hydrogen) atoms. The number of amides is 2. The Morgan fingerprint density at radius 1 is 1.10 bits per heavy atom. The van der Waals surface area contributed by atoms with E-state index in [1.54, 1.807) is 25.2 Å². The van der Waals surface area contributed by atoms with E-state index in [1.165, 1.54) is 5.01 Å². The highest BCUT2D eigenvalue weighted by Crippen LogP contribution is 2.25. The number of ether oxygens (including phenoxy) is 1. The van der Waals surface area contributed by atoms with Crippen LogP contribution in [0.4, 0.5) is 0 Å². The number of Topliss-reactive ketones (excluding diaryl/α,β-unsaturated/α-hetero) is 1. The minimum absolute atomic E-state index is 0.0191. The van der Waals surface area contributed by atoms with Gasteiger partial charge in [0.2, 0.25) is 5.91 Å². The standard InChI is InChI=1S/C33H43N3O5/c1-7-9-11-28(37)20-29(21(3)4)31(38)34-22(5)32(39)36-17-10-12-30(35-36)33(40)41-23(6)26-16-15-25-14-13-24(8-2)18-27(25)19-26/h7-9,13-16,18-19,21-23,29-30,35H,2,10-12,17,20H2,1,3-6H3,(H,34,38)/b9-7+/t22-,23+,29-,30-/m0/s1. The smallest absolute Gasteiger partial charge is 0.325 e. The summed E-state index contributed by atoms with van der Waals surface area (Å²) in [5.41, 5.74) is 4.89. The maximum Gasteiger partial charge on any atom is 0.325 e. The molecule has 8 heteroatoms. The molecule has 4 atom stereocenters. The monoisotopic (exact) mass is 561 g/mol. The summed E-state index contributed by atoms with van der Waals surface area (Å²) >= 11 is 0. The number of hydrogen-bond acceptors (Lipinski definition) is 6. The fourth-order valence-electron chi connectivity index (χ4n) is 4.93. The molecule has 2 aromatic rings. The average molecular weight is 562 g/mol. The lowest BCUT2D eigenvalue weighted by molar-refractivity contribution is -0.157. The molecular formula is C33H43N3O5. The van der Waals surface area contributed by atoms with Gasteiger partial charge in [0.25, 0.3) is 5.91 Å². The van der Waals surface area contributed by atoms with Crippen LogP contribution in [-0.4, -0.2) is 47.2 Å². The molecule has 0 aliphatic carbocycles. The maximum atomic E-state index is 13.2. The number of carbonyl (C=O) groups excluding carboxylic acids is 4. The Labute approximate surface area is 243 Å². The molecule has 1 saturated heterocycles.